The van der Waals surface area contributed by atoms with Crippen molar-refractivity contribution in [3.63, 3.8) is 0 Å². The summed E-state index contributed by atoms with van der Waals surface area (Å²) in [6, 6.07) is 14.6. The molecule has 208 valence electrons. The number of carbonyl (C=O) groups is 1. The number of piperazine rings is 1. The van der Waals surface area contributed by atoms with Crippen molar-refractivity contribution in [1.82, 2.24) is 19.4 Å². The van der Waals surface area contributed by atoms with Gasteiger partial charge in [0, 0.05) is 37.6 Å². The van der Waals surface area contributed by atoms with E-state index in [1.807, 2.05) is 56.3 Å². The molecule has 1 saturated heterocycles. The first-order valence-electron chi connectivity index (χ1n) is 13.5. The van der Waals surface area contributed by atoms with Crippen molar-refractivity contribution in [3.05, 3.63) is 92.4 Å². The highest BCUT2D eigenvalue weighted by Crippen LogP contribution is 2.33. The molecule has 2 heterocycles. The molecular formula is C30H32ClN5O4. The minimum absolute atomic E-state index is 0.157. The fourth-order valence-electron chi connectivity index (χ4n) is 5.30. The first-order valence-corrected chi connectivity index (χ1v) is 13.8. The van der Waals surface area contributed by atoms with E-state index in [1.165, 1.54) is 0 Å². The van der Waals surface area contributed by atoms with E-state index in [9.17, 15) is 14.5 Å². The van der Waals surface area contributed by atoms with Crippen molar-refractivity contribution in [2.24, 2.45) is 5.18 Å². The number of rotatable bonds is 7. The molecule has 1 aliphatic heterocycles. The van der Waals surface area contributed by atoms with E-state index in [0.29, 0.717) is 71.6 Å². The van der Waals surface area contributed by atoms with E-state index < -0.39 is 5.54 Å². The van der Waals surface area contributed by atoms with Gasteiger partial charge >= 0.3 is 0 Å². The van der Waals surface area contributed by atoms with Gasteiger partial charge in [0.25, 0.3) is 11.5 Å². The number of aromatic nitrogens is 2. The zero-order valence-electron chi connectivity index (χ0n) is 22.8. The molecule has 0 spiro atoms. The van der Waals surface area contributed by atoms with Gasteiger partial charge in [0.05, 0.1) is 34.8 Å². The van der Waals surface area contributed by atoms with Crippen LogP contribution >= 0.6 is 11.6 Å². The fraction of sp³-hybridized carbons (Fsp3) is 0.367. The van der Waals surface area contributed by atoms with Crippen LogP contribution in [-0.4, -0.2) is 63.6 Å². The number of amides is 1. The third-order valence-corrected chi connectivity index (χ3v) is 7.92. The smallest absolute Gasteiger partial charge is 0.266 e. The Morgan fingerprint density at radius 3 is 2.52 bits per heavy atom. The molecule has 1 aliphatic carbocycles. The maximum Gasteiger partial charge on any atom is 0.266 e. The summed E-state index contributed by atoms with van der Waals surface area (Å²) < 4.78 is 7.53. The van der Waals surface area contributed by atoms with Crippen molar-refractivity contribution in [1.29, 1.82) is 0 Å². The number of nitroso groups, excluding NO2 is 1. The van der Waals surface area contributed by atoms with Gasteiger partial charge in [-0.1, -0.05) is 47.1 Å². The summed E-state index contributed by atoms with van der Waals surface area (Å²) in [7, 11) is 0. The normalized spacial score (nSPS) is 20.6. The first kappa shape index (κ1) is 27.7. The fourth-order valence-corrected chi connectivity index (χ4v) is 5.71. The molecule has 0 saturated carbocycles. The Bertz CT molecular complexity index is 1570. The summed E-state index contributed by atoms with van der Waals surface area (Å²) in [5.41, 5.74) is 0.595. The summed E-state index contributed by atoms with van der Waals surface area (Å²) in [5.74, 6) is 1.06. The maximum absolute atomic E-state index is 13.9. The van der Waals surface area contributed by atoms with Crippen molar-refractivity contribution < 1.29 is 9.53 Å². The van der Waals surface area contributed by atoms with Crippen molar-refractivity contribution >= 4 is 28.4 Å². The van der Waals surface area contributed by atoms with E-state index in [0.717, 1.165) is 0 Å². The zero-order chi connectivity index (χ0) is 28.4. The van der Waals surface area contributed by atoms with E-state index in [1.54, 1.807) is 34.6 Å². The molecule has 2 aromatic carbocycles. The molecule has 1 fully saturated rings. The third kappa shape index (κ3) is 5.19. The Kier molecular flexibility index (Phi) is 7.87. The van der Waals surface area contributed by atoms with Gasteiger partial charge in [0.15, 0.2) is 0 Å². The van der Waals surface area contributed by atoms with Crippen molar-refractivity contribution in [3.8, 4) is 11.4 Å². The highest BCUT2D eigenvalue weighted by Gasteiger charge is 2.33. The minimum Gasteiger partial charge on any atom is -0.492 e. The van der Waals surface area contributed by atoms with Crippen LogP contribution < -0.4 is 10.3 Å². The predicted molar refractivity (Wildman–Crippen MR) is 156 cm³/mol. The van der Waals surface area contributed by atoms with Gasteiger partial charge in [-0.25, -0.2) is 4.98 Å². The lowest BCUT2D eigenvalue weighted by Crippen LogP contribution is -2.50. The second-order valence-corrected chi connectivity index (χ2v) is 10.8. The molecule has 2 unspecified atom stereocenters. The van der Waals surface area contributed by atoms with Crippen LogP contribution in [0.25, 0.3) is 16.6 Å². The molecule has 1 amide bonds. The molecule has 40 heavy (non-hydrogen) atoms. The van der Waals surface area contributed by atoms with Gasteiger partial charge in [-0.2, -0.15) is 0 Å². The SMILES string of the molecule is CCOc1ccccc1-n1c(C(C)N2CCN(C(=O)C3=C(Cl)CC(C)(N=O)C=C3)CC2)nc2ccccc2c1=O. The molecule has 1 aromatic heterocycles. The molecule has 10 heteroatoms. The molecule has 9 nitrogen and oxygen atoms in total. The molecule has 0 radical (unpaired) electrons. The largest absolute Gasteiger partial charge is 0.492 e. The molecular weight excluding hydrogens is 530 g/mol. The topological polar surface area (TPSA) is 97.1 Å². The zero-order valence-corrected chi connectivity index (χ0v) is 23.6. The average Bonchev–Trinajstić information content (AvgIpc) is 2.97. The Morgan fingerprint density at radius 2 is 1.82 bits per heavy atom. The molecule has 2 atom stereocenters. The molecule has 0 bridgehead atoms. The highest BCUT2D eigenvalue weighted by atomic mass is 35.5. The average molecular weight is 562 g/mol. The number of ether oxygens (including phenoxy) is 1. The summed E-state index contributed by atoms with van der Waals surface area (Å²) in [6.45, 7) is 8.25. The number of carbonyl (C=O) groups excluding carboxylic acids is 1. The Morgan fingerprint density at radius 1 is 1.12 bits per heavy atom. The Labute approximate surface area is 237 Å². The molecule has 3 aromatic rings. The van der Waals surface area contributed by atoms with Gasteiger partial charge in [-0.3, -0.25) is 19.1 Å². The number of nitrogens with zero attached hydrogens (tertiary/aromatic N) is 5. The van der Waals surface area contributed by atoms with Crippen molar-refractivity contribution in [2.75, 3.05) is 32.8 Å². The van der Waals surface area contributed by atoms with Gasteiger partial charge < -0.3 is 9.64 Å². The van der Waals surface area contributed by atoms with Crippen LogP contribution in [0.4, 0.5) is 0 Å². The quantitative estimate of drug-likeness (QED) is 0.378. The van der Waals surface area contributed by atoms with E-state index >= 15 is 0 Å². The molecule has 5 rings (SSSR count). The summed E-state index contributed by atoms with van der Waals surface area (Å²) in [4.78, 5) is 47.2. The van der Waals surface area contributed by atoms with Crippen LogP contribution in [0.2, 0.25) is 0 Å². The Balaban J connectivity index is 1.43. The van der Waals surface area contributed by atoms with Gasteiger partial charge in [-0.05, 0) is 51.1 Å². The first-order chi connectivity index (χ1) is 19.3. The monoisotopic (exact) mass is 561 g/mol. The number of hydrogen-bond acceptors (Lipinski definition) is 7. The lowest BCUT2D eigenvalue weighted by Gasteiger charge is -2.38. The van der Waals surface area contributed by atoms with Crippen LogP contribution in [0.3, 0.4) is 0 Å². The van der Waals surface area contributed by atoms with Gasteiger partial charge in [0.1, 0.15) is 17.1 Å². The third-order valence-electron chi connectivity index (χ3n) is 7.58. The highest BCUT2D eigenvalue weighted by molar-refractivity contribution is 6.32. The van der Waals surface area contributed by atoms with Crippen LogP contribution in [-0.2, 0) is 4.79 Å². The summed E-state index contributed by atoms with van der Waals surface area (Å²) in [5, 5.41) is 4.02. The van der Waals surface area contributed by atoms with E-state index in [4.69, 9.17) is 21.3 Å². The van der Waals surface area contributed by atoms with Gasteiger partial charge in [0.2, 0.25) is 0 Å². The summed E-state index contributed by atoms with van der Waals surface area (Å²) in [6.07, 6.45) is 3.46. The number of benzene rings is 2. The second-order valence-electron chi connectivity index (χ2n) is 10.3. The van der Waals surface area contributed by atoms with Crippen LogP contribution in [0.5, 0.6) is 5.75 Å². The van der Waals surface area contributed by atoms with Crippen LogP contribution in [0.1, 0.15) is 39.1 Å². The maximum atomic E-state index is 13.9. The predicted octanol–water partition coefficient (Wildman–Crippen LogP) is 4.97. The standard InChI is InChI=1S/C30H32ClN5O4/c1-4-40-26-12-8-7-11-25(26)36-27(32-24-10-6-5-9-22(24)29(36)38)20(2)34-15-17-35(18-16-34)28(37)21-13-14-30(3,33-39)19-23(21)31/h5-14,20H,4,15-19H2,1-3H3. The van der Waals surface area contributed by atoms with E-state index in [-0.39, 0.29) is 23.9 Å². The summed E-state index contributed by atoms with van der Waals surface area (Å²) >= 11 is 6.41. The van der Waals surface area contributed by atoms with E-state index in [2.05, 4.69) is 10.1 Å². The van der Waals surface area contributed by atoms with Crippen LogP contribution in [0, 0.1) is 4.91 Å². The lowest BCUT2D eigenvalue weighted by atomic mass is 9.91. The van der Waals surface area contributed by atoms with Crippen LogP contribution in [0.15, 0.2) is 81.3 Å². The minimum atomic E-state index is -0.932. The lowest BCUT2D eigenvalue weighted by molar-refractivity contribution is -0.128. The number of fused-ring (bicyclic) bond motifs is 1. The number of halogens is 1. The second kappa shape index (κ2) is 11.3. The van der Waals surface area contributed by atoms with Gasteiger partial charge in [-0.15, -0.1) is 4.91 Å². The Hall–Kier alpha value is -3.82. The molecule has 2 aliphatic rings. The number of para-hydroxylation sites is 3. The van der Waals surface area contributed by atoms with Crippen molar-refractivity contribution in [2.45, 2.75) is 38.8 Å². The number of hydrogen-bond donors (Lipinski definition) is 0. The molecule has 0 N–H and O–H groups in total.